The van der Waals surface area contributed by atoms with Gasteiger partial charge in [0, 0.05) is 19.6 Å². The van der Waals surface area contributed by atoms with Crippen molar-refractivity contribution in [2.75, 3.05) is 33.9 Å². The number of likely N-dealkylation sites (tertiary alicyclic amines) is 1. The van der Waals surface area contributed by atoms with Crippen LogP contribution in [0.3, 0.4) is 0 Å². The minimum absolute atomic E-state index is 0. The van der Waals surface area contributed by atoms with Gasteiger partial charge in [0.15, 0.2) is 17.5 Å². The van der Waals surface area contributed by atoms with Crippen molar-refractivity contribution >= 4 is 45.9 Å². The predicted octanol–water partition coefficient (Wildman–Crippen LogP) is 2.62. The number of methoxy groups -OCH3 is 2. The largest absolute Gasteiger partial charge is 0.493 e. The number of guanidine groups is 1. The van der Waals surface area contributed by atoms with Gasteiger partial charge in [-0.25, -0.2) is 4.99 Å². The molecule has 24 heavy (non-hydrogen) atoms. The zero-order valence-corrected chi connectivity index (χ0v) is 18.1. The van der Waals surface area contributed by atoms with Crippen LogP contribution in [0.25, 0.3) is 0 Å². The number of hydrogen-bond donors (Lipinski definition) is 2. The molecule has 1 atom stereocenters. The van der Waals surface area contributed by atoms with Crippen molar-refractivity contribution in [3.05, 3.63) is 22.2 Å². The van der Waals surface area contributed by atoms with Gasteiger partial charge in [-0.3, -0.25) is 0 Å². The zero-order chi connectivity index (χ0) is 16.8. The van der Waals surface area contributed by atoms with Gasteiger partial charge < -0.3 is 24.8 Å². The number of benzene rings is 1. The van der Waals surface area contributed by atoms with Crippen LogP contribution in [0.15, 0.2) is 21.6 Å². The Kier molecular flexibility index (Phi) is 9.14. The topological polar surface area (TPSA) is 66.3 Å². The number of aliphatic imine (C=N–C) groups is 1. The molecule has 1 aromatic carbocycles. The van der Waals surface area contributed by atoms with E-state index in [4.69, 9.17) is 9.47 Å². The number of aliphatic hydroxyl groups is 1. The number of aliphatic hydroxyl groups excluding tert-OH is 1. The van der Waals surface area contributed by atoms with E-state index in [1.54, 1.807) is 14.2 Å². The number of rotatable bonds is 5. The van der Waals surface area contributed by atoms with E-state index in [9.17, 15) is 5.11 Å². The molecule has 1 saturated heterocycles. The van der Waals surface area contributed by atoms with Crippen molar-refractivity contribution in [3.63, 3.8) is 0 Å². The number of ether oxygens (including phenoxy) is 2. The summed E-state index contributed by atoms with van der Waals surface area (Å²) in [5.41, 5.74) is 1.02. The lowest BCUT2D eigenvalue weighted by Crippen LogP contribution is -2.40. The Hall–Kier alpha value is -0.740. The molecule has 1 fully saturated rings. The average Bonchev–Trinajstić information content (AvgIpc) is 2.97. The molecule has 8 heteroatoms. The molecule has 0 bridgehead atoms. The van der Waals surface area contributed by atoms with E-state index in [0.717, 1.165) is 35.5 Å². The molecular weight excluding hydrogens is 489 g/mol. The SMILES string of the molecule is CCNC(=NCc1cc(Br)c(OC)c(OC)c1)N1CC[C@@H](O)C1.I. The number of nitrogens with zero attached hydrogens (tertiary/aromatic N) is 2. The maximum Gasteiger partial charge on any atom is 0.194 e. The molecule has 2 N–H and O–H groups in total. The second kappa shape index (κ2) is 10.3. The van der Waals surface area contributed by atoms with E-state index in [1.807, 2.05) is 19.1 Å². The number of hydrogen-bond acceptors (Lipinski definition) is 4. The van der Waals surface area contributed by atoms with Crippen LogP contribution in [0.4, 0.5) is 0 Å². The third-order valence-electron chi connectivity index (χ3n) is 3.70. The molecule has 0 unspecified atom stereocenters. The summed E-state index contributed by atoms with van der Waals surface area (Å²) in [6.45, 7) is 4.80. The first-order valence-electron chi connectivity index (χ1n) is 7.70. The molecule has 0 spiro atoms. The van der Waals surface area contributed by atoms with E-state index in [-0.39, 0.29) is 30.1 Å². The lowest BCUT2D eigenvalue weighted by atomic mass is 10.2. The molecule has 2 rings (SSSR count). The van der Waals surface area contributed by atoms with Crippen LogP contribution in [0, 0.1) is 0 Å². The fraction of sp³-hybridized carbons (Fsp3) is 0.562. The van der Waals surface area contributed by atoms with Gasteiger partial charge >= 0.3 is 0 Å². The van der Waals surface area contributed by atoms with Crippen LogP contribution in [0.2, 0.25) is 0 Å². The molecule has 6 nitrogen and oxygen atoms in total. The standard InChI is InChI=1S/C16H24BrN3O3.HI/c1-4-18-16(20-6-5-12(21)10-20)19-9-11-7-13(17)15(23-3)14(8-11)22-2;/h7-8,12,21H,4-6,9-10H2,1-3H3,(H,18,19);1H/t12-;/m1./s1. The highest BCUT2D eigenvalue weighted by atomic mass is 127. The fourth-order valence-corrected chi connectivity index (χ4v) is 3.24. The Balaban J connectivity index is 0.00000288. The molecule has 1 aromatic rings. The summed E-state index contributed by atoms with van der Waals surface area (Å²) in [5, 5.41) is 13.0. The Morgan fingerprint density at radius 3 is 2.71 bits per heavy atom. The minimum atomic E-state index is -0.269. The number of nitrogens with one attached hydrogen (secondary N) is 1. The highest BCUT2D eigenvalue weighted by Gasteiger charge is 2.22. The predicted molar refractivity (Wildman–Crippen MR) is 110 cm³/mol. The highest BCUT2D eigenvalue weighted by Crippen LogP contribution is 2.36. The molecule has 1 aliphatic heterocycles. The smallest absolute Gasteiger partial charge is 0.194 e. The first kappa shape index (κ1) is 21.3. The van der Waals surface area contributed by atoms with E-state index in [2.05, 4.69) is 31.1 Å². The van der Waals surface area contributed by atoms with E-state index >= 15 is 0 Å². The van der Waals surface area contributed by atoms with Crippen LogP contribution in [0.1, 0.15) is 18.9 Å². The van der Waals surface area contributed by atoms with Crippen LogP contribution in [0.5, 0.6) is 11.5 Å². The summed E-state index contributed by atoms with van der Waals surface area (Å²) in [5.74, 6) is 2.18. The molecule has 0 aliphatic carbocycles. The minimum Gasteiger partial charge on any atom is -0.493 e. The molecule has 0 aromatic heterocycles. The van der Waals surface area contributed by atoms with Gasteiger partial charge in [0.2, 0.25) is 0 Å². The van der Waals surface area contributed by atoms with Crippen molar-refractivity contribution in [1.29, 1.82) is 0 Å². The third kappa shape index (κ3) is 5.38. The summed E-state index contributed by atoms with van der Waals surface area (Å²) < 4.78 is 11.5. The van der Waals surface area contributed by atoms with Gasteiger partial charge in [-0.2, -0.15) is 0 Å². The fourth-order valence-electron chi connectivity index (χ4n) is 2.59. The van der Waals surface area contributed by atoms with Crippen LogP contribution < -0.4 is 14.8 Å². The first-order chi connectivity index (χ1) is 11.1. The monoisotopic (exact) mass is 513 g/mol. The Bertz CT molecular complexity index is 572. The molecule has 136 valence electrons. The lowest BCUT2D eigenvalue weighted by molar-refractivity contribution is 0.188. The van der Waals surface area contributed by atoms with Crippen LogP contribution in [-0.4, -0.2) is 55.9 Å². The zero-order valence-electron chi connectivity index (χ0n) is 14.2. The molecule has 0 amide bonds. The van der Waals surface area contributed by atoms with Crippen molar-refractivity contribution in [1.82, 2.24) is 10.2 Å². The van der Waals surface area contributed by atoms with E-state index in [0.29, 0.717) is 24.6 Å². The lowest BCUT2D eigenvalue weighted by Gasteiger charge is -2.21. The first-order valence-corrected chi connectivity index (χ1v) is 8.50. The van der Waals surface area contributed by atoms with Gasteiger partial charge in [0.1, 0.15) is 0 Å². The van der Waals surface area contributed by atoms with Gasteiger partial charge in [-0.1, -0.05) is 0 Å². The Morgan fingerprint density at radius 2 is 2.17 bits per heavy atom. The average molecular weight is 514 g/mol. The van der Waals surface area contributed by atoms with Gasteiger partial charge in [-0.05, 0) is 47.0 Å². The Labute approximate surface area is 168 Å². The maximum atomic E-state index is 9.70. The summed E-state index contributed by atoms with van der Waals surface area (Å²) in [7, 11) is 3.23. The highest BCUT2D eigenvalue weighted by molar-refractivity contribution is 14.0. The van der Waals surface area contributed by atoms with Crippen molar-refractivity contribution < 1.29 is 14.6 Å². The molecule has 1 heterocycles. The van der Waals surface area contributed by atoms with E-state index < -0.39 is 0 Å². The molecular formula is C16H25BrIN3O3. The number of halogens is 2. The van der Waals surface area contributed by atoms with E-state index in [1.165, 1.54) is 0 Å². The van der Waals surface area contributed by atoms with Crippen molar-refractivity contribution in [2.24, 2.45) is 4.99 Å². The second-order valence-electron chi connectivity index (χ2n) is 5.37. The summed E-state index contributed by atoms with van der Waals surface area (Å²) in [4.78, 5) is 6.76. The van der Waals surface area contributed by atoms with Gasteiger partial charge in [0.25, 0.3) is 0 Å². The summed E-state index contributed by atoms with van der Waals surface area (Å²) >= 11 is 3.50. The normalized spacial score (nSPS) is 17.5. The second-order valence-corrected chi connectivity index (χ2v) is 6.23. The van der Waals surface area contributed by atoms with Gasteiger partial charge in [0.05, 0.1) is 31.3 Å². The summed E-state index contributed by atoms with van der Waals surface area (Å²) in [6, 6.07) is 3.91. The summed E-state index contributed by atoms with van der Waals surface area (Å²) in [6.07, 6.45) is 0.515. The molecule has 0 radical (unpaired) electrons. The van der Waals surface area contributed by atoms with Crippen molar-refractivity contribution in [2.45, 2.75) is 26.0 Å². The quantitative estimate of drug-likeness (QED) is 0.360. The maximum absolute atomic E-state index is 9.70. The van der Waals surface area contributed by atoms with Gasteiger partial charge in [-0.15, -0.1) is 24.0 Å². The van der Waals surface area contributed by atoms with Crippen molar-refractivity contribution in [3.8, 4) is 11.5 Å². The Morgan fingerprint density at radius 1 is 1.42 bits per heavy atom. The molecule has 1 aliphatic rings. The molecule has 0 saturated carbocycles. The number of β-amino-alcohol motifs (C(OH)–C–C–N with tert-alkyl or cyclic N) is 1. The van der Waals surface area contributed by atoms with Crippen LogP contribution >= 0.6 is 39.9 Å². The van der Waals surface area contributed by atoms with Crippen LogP contribution in [-0.2, 0) is 6.54 Å². The third-order valence-corrected chi connectivity index (χ3v) is 4.29.